The Kier molecular flexibility index (Phi) is 16.2. The van der Waals surface area contributed by atoms with Gasteiger partial charge in [0.25, 0.3) is 0 Å². The van der Waals surface area contributed by atoms with Gasteiger partial charge in [-0.05, 0) is 72.6 Å². The van der Waals surface area contributed by atoms with Crippen LogP contribution in [-0.4, -0.2) is 8.07 Å². The summed E-state index contributed by atoms with van der Waals surface area (Å²) in [5.74, 6) is 1.47. The second-order valence-corrected chi connectivity index (χ2v) is 21.6. The van der Waals surface area contributed by atoms with Gasteiger partial charge in [-0.1, -0.05) is 163 Å². The summed E-state index contributed by atoms with van der Waals surface area (Å²) in [6.07, 6.45) is 21.0. The predicted molar refractivity (Wildman–Crippen MR) is 236 cm³/mol. The maximum atomic E-state index is 2.70. The Morgan fingerprint density at radius 3 is 1.25 bits per heavy atom. The van der Waals surface area contributed by atoms with E-state index in [-0.39, 0.29) is 51.0 Å². The van der Waals surface area contributed by atoms with Crippen LogP contribution >= 0.6 is 0 Å². The predicted octanol–water partition coefficient (Wildman–Crippen LogP) is 8.37. The molecule has 8 rings (SSSR count). The fraction of sp³-hybridized carbons (Fsp3) is 0.423. The van der Waals surface area contributed by atoms with Crippen molar-refractivity contribution in [1.82, 2.24) is 0 Å². The molecule has 0 radical (unpaired) electrons. The minimum atomic E-state index is -2.27. The molecular formula is C52H62Cl2SiZr. The van der Waals surface area contributed by atoms with Crippen LogP contribution in [0, 0.1) is 0 Å². The van der Waals surface area contributed by atoms with E-state index in [1.165, 1.54) is 134 Å². The summed E-state index contributed by atoms with van der Waals surface area (Å²) in [5, 5.41) is 9.33. The SMILES string of the molecule is CCCCc1[cH-]c2cccc(-c3ccc(C4CCCCC4)cc3)c2c1[Si](C)(C)c1c(CCCC)[cH-]c2cccc(-c3ccc(C4CCCCC4)cc3)c12.[Cl-].[Cl-].[Zr+4]. The first-order valence-electron chi connectivity index (χ1n) is 21.6. The third kappa shape index (κ3) is 9.00. The van der Waals surface area contributed by atoms with Gasteiger partial charge in [0.1, 0.15) is 0 Å². The Bertz CT molecular complexity index is 1990. The van der Waals surface area contributed by atoms with Crippen molar-refractivity contribution in [3.63, 3.8) is 0 Å². The summed E-state index contributed by atoms with van der Waals surface area (Å²) in [4.78, 5) is 0. The second kappa shape index (κ2) is 20.2. The monoisotopic (exact) mass is 874 g/mol. The maximum absolute atomic E-state index is 2.70. The molecule has 0 heterocycles. The molecule has 292 valence electrons. The molecule has 0 N–H and O–H groups in total. The van der Waals surface area contributed by atoms with Crippen LogP contribution in [0.1, 0.15) is 138 Å². The first-order valence-corrected chi connectivity index (χ1v) is 24.6. The summed E-state index contributed by atoms with van der Waals surface area (Å²) in [5.41, 5.74) is 11.9. The van der Waals surface area contributed by atoms with Crippen molar-refractivity contribution in [2.75, 3.05) is 0 Å². The molecule has 0 unspecified atom stereocenters. The van der Waals surface area contributed by atoms with Crippen LogP contribution in [0.25, 0.3) is 43.8 Å². The van der Waals surface area contributed by atoms with Gasteiger partial charge in [-0.15, -0.1) is 69.1 Å². The Morgan fingerprint density at radius 2 is 0.893 bits per heavy atom. The molecule has 6 aromatic rings. The molecule has 0 atom stereocenters. The van der Waals surface area contributed by atoms with Gasteiger partial charge < -0.3 is 24.8 Å². The number of rotatable bonds is 12. The van der Waals surface area contributed by atoms with Crippen molar-refractivity contribution in [2.45, 2.75) is 142 Å². The zero-order valence-corrected chi connectivity index (χ0v) is 39.4. The van der Waals surface area contributed by atoms with Crippen molar-refractivity contribution in [1.29, 1.82) is 0 Å². The molecule has 0 aliphatic heterocycles. The van der Waals surface area contributed by atoms with Gasteiger partial charge in [-0.3, -0.25) is 0 Å². The first kappa shape index (κ1) is 44.9. The van der Waals surface area contributed by atoms with Crippen LogP contribution in [-0.2, 0) is 39.0 Å². The Morgan fingerprint density at radius 1 is 0.518 bits per heavy atom. The van der Waals surface area contributed by atoms with E-state index in [1.807, 2.05) is 0 Å². The molecule has 2 fully saturated rings. The molecule has 2 aliphatic rings. The Hall–Kier alpha value is -2.22. The zero-order valence-electron chi connectivity index (χ0n) is 34.5. The third-order valence-corrected chi connectivity index (χ3v) is 17.1. The van der Waals surface area contributed by atoms with E-state index in [2.05, 4.69) is 124 Å². The van der Waals surface area contributed by atoms with Gasteiger partial charge in [0.05, 0.1) is 0 Å². The van der Waals surface area contributed by atoms with Crippen LogP contribution < -0.4 is 35.2 Å². The maximum Gasteiger partial charge on any atom is 4.00 e. The first-order chi connectivity index (χ1) is 26.0. The van der Waals surface area contributed by atoms with E-state index in [9.17, 15) is 0 Å². The molecule has 0 aromatic heterocycles. The summed E-state index contributed by atoms with van der Waals surface area (Å²) in [6.45, 7) is 10.1. The van der Waals surface area contributed by atoms with Gasteiger partial charge in [0, 0.05) is 8.07 Å². The number of fused-ring (bicyclic) bond motifs is 2. The van der Waals surface area contributed by atoms with E-state index in [0.717, 1.165) is 24.7 Å². The summed E-state index contributed by atoms with van der Waals surface area (Å²) >= 11 is 0. The molecule has 2 aliphatic carbocycles. The van der Waals surface area contributed by atoms with Crippen molar-refractivity contribution >= 4 is 40.0 Å². The Balaban J connectivity index is 0.00000200. The fourth-order valence-electron chi connectivity index (χ4n) is 10.7. The van der Waals surface area contributed by atoms with E-state index >= 15 is 0 Å². The van der Waals surface area contributed by atoms with Crippen LogP contribution in [0.15, 0.2) is 97.1 Å². The Labute approximate surface area is 371 Å². The quantitative estimate of drug-likeness (QED) is 0.0858. The molecule has 0 amide bonds. The minimum Gasteiger partial charge on any atom is -1.00 e. The van der Waals surface area contributed by atoms with Crippen LogP contribution in [0.5, 0.6) is 0 Å². The van der Waals surface area contributed by atoms with Crippen LogP contribution in [0.3, 0.4) is 0 Å². The summed E-state index contributed by atoms with van der Waals surface area (Å²) in [6, 6.07) is 39.1. The number of aryl methyl sites for hydroxylation is 2. The smallest absolute Gasteiger partial charge is 1.00 e. The molecule has 56 heavy (non-hydrogen) atoms. The average Bonchev–Trinajstić information content (AvgIpc) is 3.79. The number of hydrogen-bond acceptors (Lipinski definition) is 0. The van der Waals surface area contributed by atoms with Gasteiger partial charge in [0.15, 0.2) is 0 Å². The molecular weight excluding hydrogens is 815 g/mol. The molecule has 0 bridgehead atoms. The standard InChI is InChI=1S/C52H62Si.2ClH.Zr/c1-5-7-17-45-35-43-23-15-25-47(41-31-27-39(28-32-41)37-19-11-9-12-20-37)49(43)51(45)53(3,4)52-46(18-8-6-2)36-44-24-16-26-48(50(44)52)42-33-29-40(30-34-42)38-21-13-10-14-22-38;;;/h15-16,23-38H,5-14,17-22H2,1-4H3;2*1H;/q-2;;;+4/p-2. The molecule has 6 aromatic carbocycles. The molecule has 2 saturated carbocycles. The molecule has 0 spiro atoms. The normalized spacial score (nSPS) is 15.4. The van der Waals surface area contributed by atoms with E-state index < -0.39 is 8.07 Å². The summed E-state index contributed by atoms with van der Waals surface area (Å²) in [7, 11) is -2.27. The third-order valence-electron chi connectivity index (χ3n) is 13.4. The van der Waals surface area contributed by atoms with E-state index in [4.69, 9.17) is 0 Å². The number of unbranched alkanes of at least 4 members (excludes halogenated alkanes) is 2. The van der Waals surface area contributed by atoms with Crippen LogP contribution in [0.2, 0.25) is 13.1 Å². The summed E-state index contributed by atoms with van der Waals surface area (Å²) < 4.78 is 0. The molecule has 0 nitrogen and oxygen atoms in total. The second-order valence-electron chi connectivity index (χ2n) is 17.4. The number of halogens is 2. The van der Waals surface area contributed by atoms with Crippen molar-refractivity contribution < 1.29 is 51.0 Å². The minimum absolute atomic E-state index is 0. The number of benzene rings is 4. The molecule has 4 heteroatoms. The zero-order chi connectivity index (χ0) is 36.4. The van der Waals surface area contributed by atoms with Crippen molar-refractivity contribution in [3.05, 3.63) is 119 Å². The average molecular weight is 877 g/mol. The number of hydrogen-bond donors (Lipinski definition) is 0. The topological polar surface area (TPSA) is 0 Å². The largest absolute Gasteiger partial charge is 4.00 e. The molecule has 0 saturated heterocycles. The van der Waals surface area contributed by atoms with Crippen LogP contribution in [0.4, 0.5) is 0 Å². The van der Waals surface area contributed by atoms with E-state index in [0.29, 0.717) is 0 Å². The van der Waals surface area contributed by atoms with Gasteiger partial charge in [-0.2, -0.15) is 10.4 Å². The fourth-order valence-corrected chi connectivity index (χ4v) is 14.7. The van der Waals surface area contributed by atoms with Crippen molar-refractivity contribution in [2.24, 2.45) is 0 Å². The van der Waals surface area contributed by atoms with Crippen molar-refractivity contribution in [3.8, 4) is 22.3 Å². The van der Waals surface area contributed by atoms with E-state index in [1.54, 1.807) is 32.6 Å². The van der Waals surface area contributed by atoms with Gasteiger partial charge >= 0.3 is 26.2 Å². The van der Waals surface area contributed by atoms with Gasteiger partial charge in [-0.25, -0.2) is 0 Å². The van der Waals surface area contributed by atoms with Gasteiger partial charge in [0.2, 0.25) is 0 Å².